The van der Waals surface area contributed by atoms with Crippen LogP contribution in [-0.4, -0.2) is 6.04 Å². The van der Waals surface area contributed by atoms with Crippen LogP contribution in [0.4, 0.5) is 0 Å². The molecule has 0 bridgehead atoms. The Hall–Kier alpha value is -0.570. The smallest absolute Gasteiger partial charge is 0.0406 e. The Labute approximate surface area is 121 Å². The number of halogens is 1. The van der Waals surface area contributed by atoms with Crippen molar-refractivity contribution in [1.82, 2.24) is 5.43 Å². The quantitative estimate of drug-likeness (QED) is 0.609. The molecule has 2 nitrogen and oxygen atoms in total. The van der Waals surface area contributed by atoms with Crippen molar-refractivity contribution in [3.8, 4) is 0 Å². The van der Waals surface area contributed by atoms with Crippen LogP contribution in [0, 0.1) is 5.92 Å². The average Bonchev–Trinajstić information content (AvgIpc) is 2.46. The van der Waals surface area contributed by atoms with E-state index in [1.54, 1.807) is 0 Å². The van der Waals surface area contributed by atoms with Gasteiger partial charge in [-0.15, -0.1) is 0 Å². The Bertz CT molecular complexity index is 358. The highest BCUT2D eigenvalue weighted by molar-refractivity contribution is 6.30. The van der Waals surface area contributed by atoms with Crippen LogP contribution < -0.4 is 11.3 Å². The molecule has 0 spiro atoms. The van der Waals surface area contributed by atoms with Gasteiger partial charge in [-0.3, -0.25) is 11.3 Å². The monoisotopic (exact) mass is 280 g/mol. The van der Waals surface area contributed by atoms with Crippen LogP contribution in [-0.2, 0) is 6.42 Å². The van der Waals surface area contributed by atoms with Gasteiger partial charge in [0, 0.05) is 11.1 Å². The molecule has 3 heteroatoms. The van der Waals surface area contributed by atoms with Crippen LogP contribution in [0.25, 0.3) is 0 Å². The minimum atomic E-state index is 0.378. The van der Waals surface area contributed by atoms with Crippen LogP contribution in [0.2, 0.25) is 5.02 Å². The van der Waals surface area contributed by atoms with E-state index >= 15 is 0 Å². The summed E-state index contributed by atoms with van der Waals surface area (Å²) in [6.45, 7) is 0. The molecule has 0 heterocycles. The molecule has 1 aliphatic carbocycles. The maximum absolute atomic E-state index is 5.90. The maximum atomic E-state index is 5.90. The zero-order valence-corrected chi connectivity index (χ0v) is 12.3. The molecule has 1 atom stereocenters. The molecule has 0 saturated heterocycles. The topological polar surface area (TPSA) is 38.0 Å². The van der Waals surface area contributed by atoms with Crippen molar-refractivity contribution >= 4 is 11.6 Å². The Morgan fingerprint density at radius 2 is 1.84 bits per heavy atom. The maximum Gasteiger partial charge on any atom is 0.0406 e. The van der Waals surface area contributed by atoms with Gasteiger partial charge in [0.05, 0.1) is 0 Å². The van der Waals surface area contributed by atoms with Gasteiger partial charge in [-0.05, 0) is 42.9 Å². The molecule has 19 heavy (non-hydrogen) atoms. The predicted octanol–water partition coefficient (Wildman–Crippen LogP) is 4.07. The fraction of sp³-hybridized carbons (Fsp3) is 0.625. The van der Waals surface area contributed by atoms with E-state index < -0.39 is 0 Å². The largest absolute Gasteiger partial charge is 0.271 e. The van der Waals surface area contributed by atoms with Gasteiger partial charge in [-0.2, -0.15) is 0 Å². The summed E-state index contributed by atoms with van der Waals surface area (Å²) in [7, 11) is 0. The third kappa shape index (κ3) is 5.13. The third-order valence-electron chi connectivity index (χ3n) is 4.28. The Morgan fingerprint density at radius 1 is 1.16 bits per heavy atom. The second-order valence-corrected chi connectivity index (χ2v) is 6.21. The molecule has 2 rings (SSSR count). The fourth-order valence-corrected chi connectivity index (χ4v) is 3.19. The zero-order valence-electron chi connectivity index (χ0n) is 11.6. The van der Waals surface area contributed by atoms with Gasteiger partial charge in [0.15, 0.2) is 0 Å². The van der Waals surface area contributed by atoms with E-state index in [-0.39, 0.29) is 0 Å². The van der Waals surface area contributed by atoms with E-state index in [1.807, 2.05) is 12.1 Å². The molecular formula is C16H25ClN2. The normalized spacial score (nSPS) is 18.4. The summed E-state index contributed by atoms with van der Waals surface area (Å²) in [6.07, 6.45) is 10.6. The molecule has 1 aromatic carbocycles. The number of hydrogen-bond acceptors (Lipinski definition) is 2. The van der Waals surface area contributed by atoms with E-state index in [0.717, 1.165) is 17.4 Å². The van der Waals surface area contributed by atoms with E-state index in [4.69, 9.17) is 17.4 Å². The highest BCUT2D eigenvalue weighted by atomic mass is 35.5. The first kappa shape index (κ1) is 14.8. The van der Waals surface area contributed by atoms with E-state index in [0.29, 0.717) is 6.04 Å². The lowest BCUT2D eigenvalue weighted by Gasteiger charge is -2.24. The van der Waals surface area contributed by atoms with Crippen molar-refractivity contribution in [3.63, 3.8) is 0 Å². The second kappa shape index (κ2) is 7.88. The van der Waals surface area contributed by atoms with Gasteiger partial charge in [0.1, 0.15) is 0 Å². The van der Waals surface area contributed by atoms with Crippen LogP contribution in [0.5, 0.6) is 0 Å². The minimum absolute atomic E-state index is 0.378. The van der Waals surface area contributed by atoms with Crippen molar-refractivity contribution in [2.75, 3.05) is 0 Å². The molecule has 0 amide bonds. The summed E-state index contributed by atoms with van der Waals surface area (Å²) in [6, 6.07) is 8.46. The molecule has 3 N–H and O–H groups in total. The van der Waals surface area contributed by atoms with Gasteiger partial charge in [0.2, 0.25) is 0 Å². The van der Waals surface area contributed by atoms with Gasteiger partial charge < -0.3 is 0 Å². The Kier molecular flexibility index (Phi) is 6.15. The van der Waals surface area contributed by atoms with Crippen LogP contribution in [0.1, 0.15) is 50.5 Å². The molecule has 1 saturated carbocycles. The molecule has 0 aliphatic heterocycles. The summed E-state index contributed by atoms with van der Waals surface area (Å²) in [5.74, 6) is 6.62. The zero-order chi connectivity index (χ0) is 13.5. The fourth-order valence-electron chi connectivity index (χ4n) is 3.06. The van der Waals surface area contributed by atoms with Gasteiger partial charge >= 0.3 is 0 Å². The summed E-state index contributed by atoms with van der Waals surface area (Å²) in [4.78, 5) is 0. The number of hydrogen-bond donors (Lipinski definition) is 2. The number of benzene rings is 1. The van der Waals surface area contributed by atoms with Crippen LogP contribution >= 0.6 is 11.6 Å². The second-order valence-electron chi connectivity index (χ2n) is 5.78. The number of nitrogens with one attached hydrogen (secondary N) is 1. The van der Waals surface area contributed by atoms with Gasteiger partial charge in [-0.1, -0.05) is 55.8 Å². The van der Waals surface area contributed by atoms with Gasteiger partial charge in [-0.25, -0.2) is 0 Å². The molecule has 1 aliphatic rings. The van der Waals surface area contributed by atoms with Crippen molar-refractivity contribution < 1.29 is 0 Å². The predicted molar refractivity (Wildman–Crippen MR) is 82.1 cm³/mol. The van der Waals surface area contributed by atoms with E-state index in [1.165, 1.54) is 50.5 Å². The first-order valence-corrected chi connectivity index (χ1v) is 7.86. The third-order valence-corrected chi connectivity index (χ3v) is 4.53. The lowest BCUT2D eigenvalue weighted by Crippen LogP contribution is -2.37. The summed E-state index contributed by atoms with van der Waals surface area (Å²) in [5.41, 5.74) is 4.27. The molecule has 1 fully saturated rings. The minimum Gasteiger partial charge on any atom is -0.271 e. The van der Waals surface area contributed by atoms with E-state index in [9.17, 15) is 0 Å². The molecule has 1 unspecified atom stereocenters. The molecular weight excluding hydrogens is 256 g/mol. The lowest BCUT2D eigenvalue weighted by atomic mass is 9.84. The average molecular weight is 281 g/mol. The lowest BCUT2D eigenvalue weighted by molar-refractivity contribution is 0.313. The van der Waals surface area contributed by atoms with Crippen molar-refractivity contribution in [1.29, 1.82) is 0 Å². The van der Waals surface area contributed by atoms with Gasteiger partial charge in [0.25, 0.3) is 0 Å². The molecule has 0 radical (unpaired) electrons. The number of hydrazine groups is 1. The highest BCUT2D eigenvalue weighted by Crippen LogP contribution is 2.28. The summed E-state index contributed by atoms with van der Waals surface area (Å²) < 4.78 is 0. The van der Waals surface area contributed by atoms with Crippen LogP contribution in [0.3, 0.4) is 0 Å². The molecule has 0 aromatic heterocycles. The van der Waals surface area contributed by atoms with Crippen molar-refractivity contribution in [3.05, 3.63) is 34.9 Å². The first-order valence-electron chi connectivity index (χ1n) is 7.48. The Morgan fingerprint density at radius 3 is 2.47 bits per heavy atom. The van der Waals surface area contributed by atoms with Crippen molar-refractivity contribution in [2.24, 2.45) is 11.8 Å². The summed E-state index contributed by atoms with van der Waals surface area (Å²) >= 11 is 5.90. The molecule has 106 valence electrons. The van der Waals surface area contributed by atoms with Crippen molar-refractivity contribution in [2.45, 2.75) is 57.4 Å². The number of nitrogens with two attached hydrogens (primary N) is 1. The SMILES string of the molecule is NNC(CCC1CCCCC1)Cc1ccc(Cl)cc1. The Balaban J connectivity index is 1.77. The number of rotatable bonds is 6. The standard InChI is InChI=1S/C16H25ClN2/c17-15-9-6-14(7-10-15)12-16(19-18)11-8-13-4-2-1-3-5-13/h6-7,9-10,13,16,19H,1-5,8,11-12,18H2. The van der Waals surface area contributed by atoms with E-state index in [2.05, 4.69) is 17.6 Å². The first-order chi connectivity index (χ1) is 9.28. The summed E-state index contributed by atoms with van der Waals surface area (Å²) in [5, 5.41) is 0.795. The van der Waals surface area contributed by atoms with Crippen LogP contribution in [0.15, 0.2) is 24.3 Å². The highest BCUT2D eigenvalue weighted by Gasteiger charge is 2.16. The molecule has 1 aromatic rings.